The van der Waals surface area contributed by atoms with Gasteiger partial charge in [-0.1, -0.05) is 48.5 Å². The Morgan fingerprint density at radius 3 is 2.09 bits per heavy atom. The molecular formula is C24H28N2O5S. The standard InChI is InChI=1S/C24H28N2O5S/c1-24(2,3)31-21(27)12-25-22(28)20(14-32)26-23(29)30-13-19-17-10-6-4-8-15(17)16-9-5-7-11-18(16)19/h4-11,19-20,32H,12-14H2,1-3H3,(H,25,28)(H,26,29)/t20-/m0/s1. The summed E-state index contributed by atoms with van der Waals surface area (Å²) in [4.78, 5) is 36.5. The van der Waals surface area contributed by atoms with Gasteiger partial charge in [0.15, 0.2) is 0 Å². The lowest BCUT2D eigenvalue weighted by molar-refractivity contribution is -0.154. The van der Waals surface area contributed by atoms with Crippen LogP contribution in [0.3, 0.4) is 0 Å². The van der Waals surface area contributed by atoms with Crippen LogP contribution in [0, 0.1) is 0 Å². The molecule has 0 radical (unpaired) electrons. The van der Waals surface area contributed by atoms with Crippen molar-refractivity contribution in [2.75, 3.05) is 18.9 Å². The summed E-state index contributed by atoms with van der Waals surface area (Å²) in [6.45, 7) is 5.05. The van der Waals surface area contributed by atoms with E-state index in [4.69, 9.17) is 9.47 Å². The quantitative estimate of drug-likeness (QED) is 0.439. The van der Waals surface area contributed by atoms with Gasteiger partial charge in [0.2, 0.25) is 5.91 Å². The summed E-state index contributed by atoms with van der Waals surface area (Å²) in [6, 6.07) is 15.1. The lowest BCUT2D eigenvalue weighted by Gasteiger charge is -2.21. The van der Waals surface area contributed by atoms with Gasteiger partial charge in [-0.2, -0.15) is 12.6 Å². The van der Waals surface area contributed by atoms with Crippen molar-refractivity contribution < 1.29 is 23.9 Å². The molecule has 2 aromatic rings. The highest BCUT2D eigenvalue weighted by Gasteiger charge is 2.29. The van der Waals surface area contributed by atoms with E-state index in [9.17, 15) is 14.4 Å². The van der Waals surface area contributed by atoms with Crippen LogP contribution in [-0.4, -0.2) is 48.5 Å². The molecular weight excluding hydrogens is 428 g/mol. The van der Waals surface area contributed by atoms with Crippen LogP contribution in [0.25, 0.3) is 11.1 Å². The third kappa shape index (κ3) is 5.82. The second-order valence-corrected chi connectivity index (χ2v) is 8.87. The number of fused-ring (bicyclic) bond motifs is 3. The Morgan fingerprint density at radius 1 is 1.00 bits per heavy atom. The highest BCUT2D eigenvalue weighted by atomic mass is 32.1. The molecule has 1 aliphatic rings. The summed E-state index contributed by atoms with van der Waals surface area (Å²) in [6.07, 6.45) is -0.724. The van der Waals surface area contributed by atoms with Crippen LogP contribution < -0.4 is 10.6 Å². The van der Waals surface area contributed by atoms with Crippen LogP contribution >= 0.6 is 12.6 Å². The minimum absolute atomic E-state index is 0.0460. The van der Waals surface area contributed by atoms with Gasteiger partial charge in [-0.15, -0.1) is 0 Å². The first-order valence-corrected chi connectivity index (χ1v) is 11.0. The molecule has 0 spiro atoms. The number of nitrogens with one attached hydrogen (secondary N) is 2. The number of alkyl carbamates (subject to hydrolysis) is 1. The fourth-order valence-corrected chi connectivity index (χ4v) is 3.89. The molecule has 0 unspecified atom stereocenters. The van der Waals surface area contributed by atoms with Crippen molar-refractivity contribution in [1.82, 2.24) is 10.6 Å². The number of ether oxygens (including phenoxy) is 2. The van der Waals surface area contributed by atoms with E-state index in [-0.39, 0.29) is 24.8 Å². The van der Waals surface area contributed by atoms with E-state index in [1.54, 1.807) is 20.8 Å². The average molecular weight is 457 g/mol. The van der Waals surface area contributed by atoms with Crippen molar-refractivity contribution >= 4 is 30.6 Å². The molecule has 2 aromatic carbocycles. The molecule has 170 valence electrons. The van der Waals surface area contributed by atoms with Crippen molar-refractivity contribution in [3.63, 3.8) is 0 Å². The first-order valence-electron chi connectivity index (χ1n) is 10.4. The third-order valence-electron chi connectivity index (χ3n) is 4.96. The van der Waals surface area contributed by atoms with Gasteiger partial charge in [0, 0.05) is 11.7 Å². The Kier molecular flexibility index (Phi) is 7.45. The predicted molar refractivity (Wildman–Crippen MR) is 125 cm³/mol. The molecule has 0 heterocycles. The topological polar surface area (TPSA) is 93.7 Å². The zero-order valence-corrected chi connectivity index (χ0v) is 19.3. The Bertz CT molecular complexity index is 956. The number of amides is 2. The lowest BCUT2D eigenvalue weighted by Crippen LogP contribution is -2.49. The van der Waals surface area contributed by atoms with Gasteiger partial charge >= 0.3 is 12.1 Å². The Morgan fingerprint density at radius 2 is 1.56 bits per heavy atom. The number of benzene rings is 2. The van der Waals surface area contributed by atoms with Gasteiger partial charge in [0.25, 0.3) is 0 Å². The van der Waals surface area contributed by atoms with E-state index in [1.165, 1.54) is 0 Å². The van der Waals surface area contributed by atoms with Crippen molar-refractivity contribution in [2.45, 2.75) is 38.3 Å². The highest BCUT2D eigenvalue weighted by Crippen LogP contribution is 2.44. The molecule has 1 aliphatic carbocycles. The summed E-state index contributed by atoms with van der Waals surface area (Å²) >= 11 is 4.13. The predicted octanol–water partition coefficient (Wildman–Crippen LogP) is 3.28. The number of thiol groups is 1. The Hall–Kier alpha value is -3.00. The second-order valence-electron chi connectivity index (χ2n) is 8.51. The van der Waals surface area contributed by atoms with E-state index in [0.717, 1.165) is 22.3 Å². The highest BCUT2D eigenvalue weighted by molar-refractivity contribution is 7.80. The molecule has 0 fully saturated rings. The number of carbonyl (C=O) groups excluding carboxylic acids is 3. The van der Waals surface area contributed by atoms with Crippen molar-refractivity contribution in [1.29, 1.82) is 0 Å². The van der Waals surface area contributed by atoms with Gasteiger partial charge in [-0.3, -0.25) is 9.59 Å². The molecule has 2 amide bonds. The first-order chi connectivity index (χ1) is 15.2. The monoisotopic (exact) mass is 456 g/mol. The molecule has 1 atom stereocenters. The summed E-state index contributed by atoms with van der Waals surface area (Å²) in [5.41, 5.74) is 3.81. The zero-order chi connectivity index (χ0) is 23.3. The molecule has 0 saturated carbocycles. The molecule has 8 heteroatoms. The molecule has 0 bridgehead atoms. The van der Waals surface area contributed by atoms with E-state index in [2.05, 4.69) is 35.4 Å². The minimum atomic E-state index is -0.948. The first kappa shape index (κ1) is 23.7. The molecule has 7 nitrogen and oxygen atoms in total. The molecule has 0 saturated heterocycles. The van der Waals surface area contributed by atoms with Gasteiger partial charge < -0.3 is 20.1 Å². The minimum Gasteiger partial charge on any atom is -0.459 e. The third-order valence-corrected chi connectivity index (χ3v) is 5.33. The van der Waals surface area contributed by atoms with Gasteiger partial charge in [0.1, 0.15) is 24.8 Å². The molecule has 2 N–H and O–H groups in total. The van der Waals surface area contributed by atoms with Crippen molar-refractivity contribution in [3.8, 4) is 11.1 Å². The van der Waals surface area contributed by atoms with Gasteiger partial charge in [-0.25, -0.2) is 4.79 Å². The fourth-order valence-electron chi connectivity index (χ4n) is 3.64. The number of carbonyl (C=O) groups is 3. The number of hydrogen-bond acceptors (Lipinski definition) is 6. The van der Waals surface area contributed by atoms with Crippen LogP contribution in [0.2, 0.25) is 0 Å². The summed E-state index contributed by atoms with van der Waals surface area (Å²) in [5, 5.41) is 4.96. The van der Waals surface area contributed by atoms with Crippen molar-refractivity contribution in [3.05, 3.63) is 59.7 Å². The smallest absolute Gasteiger partial charge is 0.407 e. The number of esters is 1. The summed E-state index contributed by atoms with van der Waals surface area (Å²) < 4.78 is 10.6. The molecule has 32 heavy (non-hydrogen) atoms. The lowest BCUT2D eigenvalue weighted by atomic mass is 9.98. The van der Waals surface area contributed by atoms with Crippen LogP contribution in [0.1, 0.15) is 37.8 Å². The largest absolute Gasteiger partial charge is 0.459 e. The average Bonchev–Trinajstić information content (AvgIpc) is 3.07. The van der Waals surface area contributed by atoms with Crippen LogP contribution in [0.4, 0.5) is 4.79 Å². The van der Waals surface area contributed by atoms with Gasteiger partial charge in [0.05, 0.1) is 0 Å². The Labute approximate surface area is 193 Å². The maximum absolute atomic E-state index is 12.4. The molecule has 0 aromatic heterocycles. The maximum Gasteiger partial charge on any atom is 0.407 e. The SMILES string of the molecule is CC(C)(C)OC(=O)CNC(=O)[C@H](CS)NC(=O)OCC1c2ccccc2-c2ccccc21. The normalized spacial score (nSPS) is 13.5. The maximum atomic E-state index is 12.4. The zero-order valence-electron chi connectivity index (χ0n) is 18.4. The van der Waals surface area contributed by atoms with E-state index in [0.29, 0.717) is 0 Å². The number of hydrogen-bond donors (Lipinski definition) is 3. The fraction of sp³-hybridized carbons (Fsp3) is 0.375. The van der Waals surface area contributed by atoms with E-state index in [1.807, 2.05) is 36.4 Å². The Balaban J connectivity index is 1.55. The van der Waals surface area contributed by atoms with E-state index >= 15 is 0 Å². The van der Waals surface area contributed by atoms with Crippen LogP contribution in [0.15, 0.2) is 48.5 Å². The molecule has 3 rings (SSSR count). The van der Waals surface area contributed by atoms with Gasteiger partial charge in [-0.05, 0) is 43.0 Å². The number of rotatable bonds is 7. The second kappa shape index (κ2) is 10.1. The summed E-state index contributed by atoms with van der Waals surface area (Å²) in [5.74, 6) is -1.14. The van der Waals surface area contributed by atoms with Crippen LogP contribution in [-0.2, 0) is 19.1 Å². The van der Waals surface area contributed by atoms with Crippen LogP contribution in [0.5, 0.6) is 0 Å². The van der Waals surface area contributed by atoms with E-state index < -0.39 is 29.6 Å². The summed E-state index contributed by atoms with van der Waals surface area (Å²) in [7, 11) is 0. The van der Waals surface area contributed by atoms with Crippen molar-refractivity contribution in [2.24, 2.45) is 0 Å². The molecule has 0 aliphatic heterocycles.